The molecule has 4 nitrogen and oxygen atoms in total. The Morgan fingerprint density at radius 1 is 1.58 bits per heavy atom. The molecule has 2 unspecified atom stereocenters. The average molecular weight is 260 g/mol. The number of amides is 1. The minimum absolute atomic E-state index is 0.0956. The van der Waals surface area contributed by atoms with Crippen molar-refractivity contribution < 1.29 is 9.90 Å². The highest BCUT2D eigenvalue weighted by Gasteiger charge is 2.27. The summed E-state index contributed by atoms with van der Waals surface area (Å²) in [5, 5.41) is 21.7. The molecule has 1 amide bonds. The Labute approximate surface area is 114 Å². The summed E-state index contributed by atoms with van der Waals surface area (Å²) in [7, 11) is 0. The number of carbonyl (C=O) groups is 1. The smallest absolute Gasteiger partial charge is 0.251 e. The van der Waals surface area contributed by atoms with Crippen molar-refractivity contribution in [1.82, 2.24) is 5.32 Å². The average Bonchev–Trinajstić information content (AvgIpc) is 2.43. The van der Waals surface area contributed by atoms with Gasteiger partial charge in [0.25, 0.3) is 5.91 Å². The van der Waals surface area contributed by atoms with Gasteiger partial charge in [-0.1, -0.05) is 26.3 Å². The van der Waals surface area contributed by atoms with Gasteiger partial charge in [-0.2, -0.15) is 5.26 Å². The van der Waals surface area contributed by atoms with Gasteiger partial charge in [-0.15, -0.1) is 0 Å². The van der Waals surface area contributed by atoms with Gasteiger partial charge in [0.15, 0.2) is 0 Å². The number of hydrogen-bond donors (Lipinski definition) is 2. The summed E-state index contributed by atoms with van der Waals surface area (Å²) in [6.45, 7) is 5.85. The van der Waals surface area contributed by atoms with Crippen LogP contribution in [-0.2, 0) is 0 Å². The molecule has 19 heavy (non-hydrogen) atoms. The lowest BCUT2D eigenvalue weighted by Crippen LogP contribution is -2.45. The van der Waals surface area contributed by atoms with Crippen LogP contribution >= 0.6 is 0 Å². The molecule has 1 aromatic rings. The standard InChI is InChI=1S/C15H20N2O2/c1-4-11(2)15(3,19)10-17-14(18)13-7-5-6-12(8-13)9-16/h5-8,11,19H,4,10H2,1-3H3,(H,17,18). The zero-order chi connectivity index (χ0) is 14.5. The highest BCUT2D eigenvalue weighted by atomic mass is 16.3. The molecule has 2 N–H and O–H groups in total. The Bertz CT molecular complexity index is 489. The Balaban J connectivity index is 2.68. The lowest BCUT2D eigenvalue weighted by molar-refractivity contribution is 0.00593. The van der Waals surface area contributed by atoms with Crippen molar-refractivity contribution in [2.45, 2.75) is 32.8 Å². The molecule has 2 atom stereocenters. The highest BCUT2D eigenvalue weighted by molar-refractivity contribution is 5.94. The Morgan fingerprint density at radius 3 is 2.84 bits per heavy atom. The number of aliphatic hydroxyl groups is 1. The lowest BCUT2D eigenvalue weighted by Gasteiger charge is -2.29. The molecule has 0 saturated heterocycles. The third-order valence-electron chi connectivity index (χ3n) is 3.53. The van der Waals surface area contributed by atoms with Crippen molar-refractivity contribution >= 4 is 5.91 Å². The predicted molar refractivity (Wildman–Crippen MR) is 73.6 cm³/mol. The van der Waals surface area contributed by atoms with Crippen LogP contribution in [0.2, 0.25) is 0 Å². The second-order valence-electron chi connectivity index (χ2n) is 5.04. The summed E-state index contributed by atoms with van der Waals surface area (Å²) in [5.41, 5.74) is -0.0580. The molecule has 4 heteroatoms. The molecule has 0 aromatic heterocycles. The molecule has 0 fully saturated rings. The van der Waals surface area contributed by atoms with Gasteiger partial charge in [-0.3, -0.25) is 4.79 Å². The second-order valence-corrected chi connectivity index (χ2v) is 5.04. The number of nitriles is 1. The van der Waals surface area contributed by atoms with Crippen molar-refractivity contribution in [1.29, 1.82) is 5.26 Å². The number of carbonyl (C=O) groups excluding carboxylic acids is 1. The molecule has 0 saturated carbocycles. The van der Waals surface area contributed by atoms with Gasteiger partial charge in [0.05, 0.1) is 17.2 Å². The van der Waals surface area contributed by atoms with E-state index in [1.165, 1.54) is 6.07 Å². The Morgan fingerprint density at radius 2 is 2.26 bits per heavy atom. The van der Waals surface area contributed by atoms with Crippen LogP contribution in [0.25, 0.3) is 0 Å². The first-order chi connectivity index (χ1) is 8.90. The minimum atomic E-state index is -0.933. The van der Waals surface area contributed by atoms with Gasteiger partial charge in [-0.05, 0) is 31.0 Å². The Kier molecular flexibility index (Phi) is 5.08. The van der Waals surface area contributed by atoms with Gasteiger partial charge in [-0.25, -0.2) is 0 Å². The van der Waals surface area contributed by atoms with Crippen LogP contribution in [0.3, 0.4) is 0 Å². The molecule has 0 aliphatic heterocycles. The lowest BCUT2D eigenvalue weighted by atomic mass is 9.88. The summed E-state index contributed by atoms with van der Waals surface area (Å²) in [4.78, 5) is 11.9. The van der Waals surface area contributed by atoms with E-state index < -0.39 is 5.60 Å². The van der Waals surface area contributed by atoms with Crippen molar-refractivity contribution in [2.24, 2.45) is 5.92 Å². The maximum absolute atomic E-state index is 11.9. The predicted octanol–water partition coefficient (Wildman–Crippen LogP) is 2.09. The van der Waals surface area contributed by atoms with E-state index in [0.29, 0.717) is 11.1 Å². The third kappa shape index (κ3) is 4.08. The van der Waals surface area contributed by atoms with E-state index in [9.17, 15) is 9.90 Å². The molecule has 0 aliphatic rings. The summed E-state index contributed by atoms with van der Waals surface area (Å²) >= 11 is 0. The molecule has 1 rings (SSSR count). The fourth-order valence-electron chi connectivity index (χ4n) is 1.71. The van der Waals surface area contributed by atoms with Crippen molar-refractivity contribution in [3.63, 3.8) is 0 Å². The van der Waals surface area contributed by atoms with E-state index in [1.54, 1.807) is 25.1 Å². The summed E-state index contributed by atoms with van der Waals surface area (Å²) in [5.74, 6) is -0.182. The van der Waals surface area contributed by atoms with E-state index in [2.05, 4.69) is 5.32 Å². The van der Waals surface area contributed by atoms with Crippen LogP contribution in [-0.4, -0.2) is 23.2 Å². The topological polar surface area (TPSA) is 73.1 Å². The zero-order valence-electron chi connectivity index (χ0n) is 11.6. The van der Waals surface area contributed by atoms with E-state index in [4.69, 9.17) is 5.26 Å². The van der Waals surface area contributed by atoms with Gasteiger partial charge in [0.2, 0.25) is 0 Å². The number of benzene rings is 1. The molecular formula is C15H20N2O2. The van der Waals surface area contributed by atoms with Crippen molar-refractivity contribution in [2.75, 3.05) is 6.54 Å². The first-order valence-corrected chi connectivity index (χ1v) is 6.41. The number of rotatable bonds is 5. The van der Waals surface area contributed by atoms with Crippen LogP contribution in [0.4, 0.5) is 0 Å². The largest absolute Gasteiger partial charge is 0.388 e. The van der Waals surface area contributed by atoms with Gasteiger partial charge >= 0.3 is 0 Å². The van der Waals surface area contributed by atoms with Crippen LogP contribution in [0.15, 0.2) is 24.3 Å². The van der Waals surface area contributed by atoms with Crippen molar-refractivity contribution in [3.05, 3.63) is 35.4 Å². The number of nitrogens with zero attached hydrogens (tertiary/aromatic N) is 1. The van der Waals surface area contributed by atoms with Gasteiger partial charge < -0.3 is 10.4 Å². The minimum Gasteiger partial charge on any atom is -0.388 e. The Hall–Kier alpha value is -1.86. The summed E-state index contributed by atoms with van der Waals surface area (Å²) in [6.07, 6.45) is 0.840. The molecule has 0 heterocycles. The normalized spacial score (nSPS) is 15.1. The van der Waals surface area contributed by atoms with E-state index in [1.807, 2.05) is 19.9 Å². The fraction of sp³-hybridized carbons (Fsp3) is 0.467. The second kappa shape index (κ2) is 6.35. The van der Waals surface area contributed by atoms with Crippen LogP contribution in [0.5, 0.6) is 0 Å². The molecule has 102 valence electrons. The third-order valence-corrected chi connectivity index (χ3v) is 3.53. The number of hydrogen-bond acceptors (Lipinski definition) is 3. The van der Waals surface area contributed by atoms with Crippen LogP contribution in [0, 0.1) is 17.2 Å². The van der Waals surface area contributed by atoms with Crippen molar-refractivity contribution in [3.8, 4) is 6.07 Å². The maximum Gasteiger partial charge on any atom is 0.251 e. The zero-order valence-corrected chi connectivity index (χ0v) is 11.6. The highest BCUT2D eigenvalue weighted by Crippen LogP contribution is 2.19. The van der Waals surface area contributed by atoms with Crippen LogP contribution < -0.4 is 5.32 Å². The number of nitrogens with one attached hydrogen (secondary N) is 1. The molecule has 0 bridgehead atoms. The van der Waals surface area contributed by atoms with Gasteiger partial charge in [0, 0.05) is 12.1 Å². The molecule has 0 radical (unpaired) electrons. The van der Waals surface area contributed by atoms with E-state index in [0.717, 1.165) is 6.42 Å². The monoisotopic (exact) mass is 260 g/mol. The summed E-state index contributed by atoms with van der Waals surface area (Å²) in [6, 6.07) is 8.49. The molecular weight excluding hydrogens is 240 g/mol. The molecule has 0 spiro atoms. The molecule has 0 aliphatic carbocycles. The van der Waals surface area contributed by atoms with E-state index >= 15 is 0 Å². The first kappa shape index (κ1) is 15.2. The quantitative estimate of drug-likeness (QED) is 0.851. The summed E-state index contributed by atoms with van der Waals surface area (Å²) < 4.78 is 0. The maximum atomic E-state index is 11.9. The van der Waals surface area contributed by atoms with E-state index in [-0.39, 0.29) is 18.4 Å². The SMILES string of the molecule is CCC(C)C(C)(O)CNC(=O)c1cccc(C#N)c1. The fourth-order valence-corrected chi connectivity index (χ4v) is 1.71. The first-order valence-electron chi connectivity index (χ1n) is 6.41. The van der Waals surface area contributed by atoms with Gasteiger partial charge in [0.1, 0.15) is 0 Å². The van der Waals surface area contributed by atoms with Crippen LogP contribution in [0.1, 0.15) is 43.1 Å². The molecule has 1 aromatic carbocycles.